The van der Waals surface area contributed by atoms with Crippen molar-refractivity contribution in [2.45, 2.75) is 18.6 Å². The summed E-state index contributed by atoms with van der Waals surface area (Å²) in [6.45, 7) is 0. The van der Waals surface area contributed by atoms with Crippen LogP contribution in [0.2, 0.25) is 0 Å². The molecule has 27 heavy (non-hydrogen) atoms. The smallest absolute Gasteiger partial charge is 0.239 e. The monoisotopic (exact) mass is 357 g/mol. The van der Waals surface area contributed by atoms with Crippen LogP contribution in [-0.2, 0) is 4.74 Å². The van der Waals surface area contributed by atoms with E-state index in [1.807, 2.05) is 82.4 Å². The van der Waals surface area contributed by atoms with Crippen LogP contribution in [0.25, 0.3) is 5.65 Å². The van der Waals surface area contributed by atoms with Crippen LogP contribution in [-0.4, -0.2) is 20.9 Å². The lowest BCUT2D eigenvalue weighted by Gasteiger charge is -2.29. The van der Waals surface area contributed by atoms with E-state index < -0.39 is 6.41 Å². The molecule has 1 saturated heterocycles. The quantitative estimate of drug-likeness (QED) is 0.604. The minimum absolute atomic E-state index is 0.149. The van der Waals surface area contributed by atoms with Gasteiger partial charge in [0.2, 0.25) is 6.41 Å². The van der Waals surface area contributed by atoms with Crippen molar-refractivity contribution in [1.29, 1.82) is 0 Å². The molecule has 2 aromatic carbocycles. The number of hydrogen-bond acceptors (Lipinski definition) is 4. The highest BCUT2D eigenvalue weighted by Gasteiger charge is 2.43. The summed E-state index contributed by atoms with van der Waals surface area (Å²) in [6, 6.07) is 24.0. The maximum absolute atomic E-state index is 10.8. The number of ether oxygens (including phenoxy) is 1. The van der Waals surface area contributed by atoms with Gasteiger partial charge in [0.25, 0.3) is 0 Å². The second kappa shape index (κ2) is 6.54. The van der Waals surface area contributed by atoms with Crippen molar-refractivity contribution in [2.75, 3.05) is 4.90 Å². The molecule has 4 aromatic rings. The minimum Gasteiger partial charge on any atom is -0.351 e. The molecular weight excluding hydrogens is 338 g/mol. The SMILES string of the molecule is OC1O[C@H](c2ccccc2)[C@H](c2ccccc2)N1c1ccc2nccn2c1. The number of benzene rings is 2. The third kappa shape index (κ3) is 2.77. The summed E-state index contributed by atoms with van der Waals surface area (Å²) in [5.41, 5.74) is 3.87. The number of nitrogens with zero attached hydrogens (tertiary/aromatic N) is 3. The number of anilines is 1. The highest BCUT2D eigenvalue weighted by atomic mass is 16.6. The number of aliphatic hydroxyl groups excluding tert-OH is 1. The van der Waals surface area contributed by atoms with Gasteiger partial charge in [0.15, 0.2) is 0 Å². The van der Waals surface area contributed by atoms with E-state index in [1.54, 1.807) is 6.20 Å². The number of fused-ring (bicyclic) bond motifs is 1. The zero-order valence-corrected chi connectivity index (χ0v) is 14.6. The number of aliphatic hydroxyl groups is 1. The van der Waals surface area contributed by atoms with Crippen LogP contribution in [0.3, 0.4) is 0 Å². The fraction of sp³-hybridized carbons (Fsp3) is 0.136. The fourth-order valence-electron chi connectivity index (χ4n) is 3.79. The van der Waals surface area contributed by atoms with E-state index in [1.165, 1.54) is 0 Å². The number of pyridine rings is 1. The second-order valence-electron chi connectivity index (χ2n) is 6.64. The molecule has 0 aliphatic carbocycles. The van der Waals surface area contributed by atoms with E-state index in [9.17, 15) is 5.11 Å². The minimum atomic E-state index is -1.04. The van der Waals surface area contributed by atoms with Gasteiger partial charge < -0.3 is 19.1 Å². The summed E-state index contributed by atoms with van der Waals surface area (Å²) in [4.78, 5) is 6.22. The van der Waals surface area contributed by atoms with E-state index in [2.05, 4.69) is 17.1 Å². The molecule has 1 N–H and O–H groups in total. The van der Waals surface area contributed by atoms with Crippen molar-refractivity contribution in [3.05, 3.63) is 103 Å². The topological polar surface area (TPSA) is 50.0 Å². The molecule has 2 aromatic heterocycles. The molecule has 1 fully saturated rings. The molecule has 1 aliphatic rings. The summed E-state index contributed by atoms with van der Waals surface area (Å²) in [5, 5.41) is 10.8. The summed E-state index contributed by atoms with van der Waals surface area (Å²) in [6.07, 6.45) is 4.31. The Hall–Kier alpha value is -3.15. The summed E-state index contributed by atoms with van der Waals surface area (Å²) >= 11 is 0. The van der Waals surface area contributed by atoms with Crippen molar-refractivity contribution in [1.82, 2.24) is 9.38 Å². The highest BCUT2D eigenvalue weighted by molar-refractivity contribution is 5.55. The molecule has 5 rings (SSSR count). The molecule has 1 aliphatic heterocycles. The molecule has 0 spiro atoms. The average molecular weight is 357 g/mol. The Morgan fingerprint density at radius 2 is 1.56 bits per heavy atom. The summed E-state index contributed by atoms with van der Waals surface area (Å²) in [5.74, 6) is 0. The molecule has 0 saturated carbocycles. The van der Waals surface area contributed by atoms with Crippen molar-refractivity contribution >= 4 is 11.3 Å². The number of aromatic nitrogens is 2. The maximum atomic E-state index is 10.8. The van der Waals surface area contributed by atoms with Crippen LogP contribution in [0.15, 0.2) is 91.4 Å². The molecule has 134 valence electrons. The maximum Gasteiger partial charge on any atom is 0.239 e. The van der Waals surface area contributed by atoms with E-state index in [-0.39, 0.29) is 12.1 Å². The fourth-order valence-corrected chi connectivity index (χ4v) is 3.79. The molecule has 3 atom stereocenters. The van der Waals surface area contributed by atoms with Crippen LogP contribution in [0.5, 0.6) is 0 Å². The van der Waals surface area contributed by atoms with Crippen LogP contribution in [0.1, 0.15) is 23.3 Å². The van der Waals surface area contributed by atoms with Gasteiger partial charge in [-0.1, -0.05) is 60.7 Å². The third-order valence-corrected chi connectivity index (χ3v) is 5.03. The zero-order valence-electron chi connectivity index (χ0n) is 14.6. The van der Waals surface area contributed by atoms with Gasteiger partial charge in [-0.3, -0.25) is 0 Å². The second-order valence-corrected chi connectivity index (χ2v) is 6.64. The van der Waals surface area contributed by atoms with E-state index in [4.69, 9.17) is 4.74 Å². The number of hydrogen-bond donors (Lipinski definition) is 1. The Labute approximate surface area is 157 Å². The first-order valence-electron chi connectivity index (χ1n) is 8.96. The third-order valence-electron chi connectivity index (χ3n) is 5.03. The van der Waals surface area contributed by atoms with Crippen molar-refractivity contribution in [3.63, 3.8) is 0 Å². The average Bonchev–Trinajstić information content (AvgIpc) is 3.32. The first-order chi connectivity index (χ1) is 13.3. The van der Waals surface area contributed by atoms with Gasteiger partial charge in [0, 0.05) is 18.6 Å². The predicted molar refractivity (Wildman–Crippen MR) is 103 cm³/mol. The normalized spacial score (nSPS) is 22.4. The Morgan fingerprint density at radius 1 is 0.852 bits per heavy atom. The predicted octanol–water partition coefficient (Wildman–Crippen LogP) is 3.93. The standard InChI is InChI=1S/C22H19N3O2/c26-22-25(18-11-12-19-23-13-14-24(19)15-18)20(16-7-3-1-4-8-16)21(27-22)17-9-5-2-6-10-17/h1-15,20-22,26H/t20-,21+,22?/m0/s1. The Kier molecular flexibility index (Phi) is 3.89. The molecule has 1 unspecified atom stereocenters. The number of rotatable bonds is 3. The van der Waals surface area contributed by atoms with E-state index >= 15 is 0 Å². The Morgan fingerprint density at radius 3 is 2.30 bits per heavy atom. The lowest BCUT2D eigenvalue weighted by Crippen LogP contribution is -2.32. The van der Waals surface area contributed by atoms with Crippen molar-refractivity contribution in [2.24, 2.45) is 0 Å². The Bertz CT molecular complexity index is 1050. The van der Waals surface area contributed by atoms with E-state index in [0.29, 0.717) is 0 Å². The molecule has 0 amide bonds. The molecule has 0 radical (unpaired) electrons. The van der Waals surface area contributed by atoms with Gasteiger partial charge in [-0.15, -0.1) is 0 Å². The van der Waals surface area contributed by atoms with Gasteiger partial charge in [-0.25, -0.2) is 4.98 Å². The molecular formula is C22H19N3O2. The first kappa shape index (κ1) is 16.1. The lowest BCUT2D eigenvalue weighted by molar-refractivity contribution is -0.0910. The van der Waals surface area contributed by atoms with Crippen molar-refractivity contribution < 1.29 is 9.84 Å². The summed E-state index contributed by atoms with van der Waals surface area (Å²) in [7, 11) is 0. The number of imidazole rings is 1. The van der Waals surface area contributed by atoms with Crippen LogP contribution in [0.4, 0.5) is 5.69 Å². The lowest BCUT2D eigenvalue weighted by atomic mass is 9.95. The molecule has 5 heteroatoms. The van der Waals surface area contributed by atoms with Crippen LogP contribution >= 0.6 is 0 Å². The van der Waals surface area contributed by atoms with Crippen LogP contribution < -0.4 is 4.90 Å². The zero-order chi connectivity index (χ0) is 18.2. The molecule has 3 heterocycles. The highest BCUT2D eigenvalue weighted by Crippen LogP contribution is 2.46. The van der Waals surface area contributed by atoms with Gasteiger partial charge >= 0.3 is 0 Å². The Balaban J connectivity index is 1.64. The first-order valence-corrected chi connectivity index (χ1v) is 8.96. The van der Waals surface area contributed by atoms with Gasteiger partial charge in [-0.05, 0) is 23.3 Å². The molecule has 0 bridgehead atoms. The van der Waals surface area contributed by atoms with Gasteiger partial charge in [-0.2, -0.15) is 0 Å². The van der Waals surface area contributed by atoms with Gasteiger partial charge in [0.1, 0.15) is 11.8 Å². The largest absolute Gasteiger partial charge is 0.351 e. The molecule has 5 nitrogen and oxygen atoms in total. The van der Waals surface area contributed by atoms with Gasteiger partial charge in [0.05, 0.1) is 11.7 Å². The van der Waals surface area contributed by atoms with Crippen LogP contribution in [0, 0.1) is 0 Å². The van der Waals surface area contributed by atoms with E-state index in [0.717, 1.165) is 22.5 Å². The van der Waals surface area contributed by atoms with Crippen molar-refractivity contribution in [3.8, 4) is 0 Å². The summed E-state index contributed by atoms with van der Waals surface area (Å²) < 4.78 is 7.98.